The van der Waals surface area contributed by atoms with Gasteiger partial charge in [0.1, 0.15) is 0 Å². The number of nitrogens with one attached hydrogen (secondary N) is 2. The predicted octanol–water partition coefficient (Wildman–Crippen LogP) is 2.24. The molecule has 1 saturated carbocycles. The van der Waals surface area contributed by atoms with Crippen molar-refractivity contribution in [2.75, 3.05) is 5.32 Å². The number of aromatic amines is 1. The Morgan fingerprint density at radius 2 is 2.05 bits per heavy atom. The van der Waals surface area contributed by atoms with Crippen molar-refractivity contribution in [1.82, 2.24) is 20.2 Å². The lowest BCUT2D eigenvalue weighted by Gasteiger charge is -2.41. The van der Waals surface area contributed by atoms with Crippen molar-refractivity contribution < 1.29 is 4.79 Å². The van der Waals surface area contributed by atoms with Gasteiger partial charge in [-0.25, -0.2) is 0 Å². The molecule has 6 nitrogen and oxygen atoms in total. The highest BCUT2D eigenvalue weighted by Crippen LogP contribution is 2.44. The second-order valence-corrected chi connectivity index (χ2v) is 6.00. The molecular weight excluding hydrogens is 254 g/mol. The summed E-state index contributed by atoms with van der Waals surface area (Å²) in [6.45, 7) is 4.34. The largest absolute Gasteiger partial charge is 0.293 e. The highest BCUT2D eigenvalue weighted by atomic mass is 16.2. The molecule has 2 aromatic rings. The molecule has 0 aliphatic heterocycles. The number of pyridine rings is 1. The molecule has 0 unspecified atom stereocenters. The van der Waals surface area contributed by atoms with Gasteiger partial charge in [-0.05, 0) is 30.4 Å². The van der Waals surface area contributed by atoms with Gasteiger partial charge in [0.25, 0.3) is 0 Å². The maximum absolute atomic E-state index is 12.0. The second kappa shape index (κ2) is 4.70. The summed E-state index contributed by atoms with van der Waals surface area (Å²) < 4.78 is 0. The predicted molar refractivity (Wildman–Crippen MR) is 74.7 cm³/mol. The van der Waals surface area contributed by atoms with E-state index < -0.39 is 0 Å². The van der Waals surface area contributed by atoms with Gasteiger partial charge >= 0.3 is 0 Å². The summed E-state index contributed by atoms with van der Waals surface area (Å²) in [4.78, 5) is 20.2. The number of carbonyl (C=O) groups excluding carboxylic acids is 1. The van der Waals surface area contributed by atoms with E-state index in [0.29, 0.717) is 11.8 Å². The minimum atomic E-state index is 0.00426. The molecule has 2 N–H and O–H groups in total. The van der Waals surface area contributed by atoms with E-state index in [9.17, 15) is 4.79 Å². The molecule has 0 spiro atoms. The zero-order chi connectivity index (χ0) is 14.2. The smallest absolute Gasteiger partial charge is 0.249 e. The molecule has 3 rings (SSSR count). The van der Waals surface area contributed by atoms with Crippen molar-refractivity contribution in [2.45, 2.75) is 26.7 Å². The number of hydrogen-bond donors (Lipinski definition) is 2. The number of carbonyl (C=O) groups is 1. The van der Waals surface area contributed by atoms with Gasteiger partial charge < -0.3 is 0 Å². The summed E-state index contributed by atoms with van der Waals surface area (Å²) in [5.41, 5.74) is 1.17. The molecule has 0 saturated heterocycles. The molecule has 6 heteroatoms. The van der Waals surface area contributed by atoms with E-state index in [2.05, 4.69) is 39.3 Å². The molecule has 104 valence electrons. The van der Waals surface area contributed by atoms with Crippen LogP contribution in [0.4, 0.5) is 5.95 Å². The van der Waals surface area contributed by atoms with E-state index in [4.69, 9.17) is 0 Å². The quantitative estimate of drug-likeness (QED) is 0.896. The van der Waals surface area contributed by atoms with Gasteiger partial charge in [-0.1, -0.05) is 13.8 Å². The Labute approximate surface area is 117 Å². The number of nitrogens with zero attached hydrogens (tertiary/aromatic N) is 3. The molecule has 2 aromatic heterocycles. The van der Waals surface area contributed by atoms with Crippen LogP contribution < -0.4 is 5.32 Å². The summed E-state index contributed by atoms with van der Waals surface area (Å²) in [5, 5.41) is 9.60. The summed E-state index contributed by atoms with van der Waals surface area (Å²) >= 11 is 0. The molecule has 1 amide bonds. The van der Waals surface area contributed by atoms with Crippen molar-refractivity contribution in [1.29, 1.82) is 0 Å². The van der Waals surface area contributed by atoms with E-state index in [1.54, 1.807) is 12.4 Å². The number of aromatic nitrogens is 4. The molecule has 0 aromatic carbocycles. The summed E-state index contributed by atoms with van der Waals surface area (Å²) in [6.07, 6.45) is 5.21. The SMILES string of the molecule is CC1(C)CC(C(=O)Nc2n[nH]c(-c3ccncc3)n2)C1. The molecule has 0 bridgehead atoms. The van der Waals surface area contributed by atoms with Crippen molar-refractivity contribution in [3.05, 3.63) is 24.5 Å². The van der Waals surface area contributed by atoms with E-state index in [1.807, 2.05) is 12.1 Å². The van der Waals surface area contributed by atoms with Crippen LogP contribution in [0.15, 0.2) is 24.5 Å². The van der Waals surface area contributed by atoms with Gasteiger partial charge in [0.2, 0.25) is 11.9 Å². The van der Waals surface area contributed by atoms with Gasteiger partial charge in [0.15, 0.2) is 5.82 Å². The standard InChI is InChI=1S/C14H17N5O/c1-14(2)7-10(8-14)12(20)17-13-16-11(18-19-13)9-3-5-15-6-4-9/h3-6,10H,7-8H2,1-2H3,(H2,16,17,18,19,20). The van der Waals surface area contributed by atoms with Crippen LogP contribution in [0, 0.1) is 11.3 Å². The summed E-state index contributed by atoms with van der Waals surface area (Å²) in [7, 11) is 0. The lowest BCUT2D eigenvalue weighted by molar-refractivity contribution is -0.126. The van der Waals surface area contributed by atoms with E-state index in [1.165, 1.54) is 0 Å². The Morgan fingerprint density at radius 3 is 2.70 bits per heavy atom. The lowest BCUT2D eigenvalue weighted by Crippen LogP contribution is -2.39. The molecule has 0 atom stereocenters. The highest BCUT2D eigenvalue weighted by molar-refractivity contribution is 5.91. The van der Waals surface area contributed by atoms with Crippen LogP contribution in [0.3, 0.4) is 0 Å². The maximum atomic E-state index is 12.0. The summed E-state index contributed by atoms with van der Waals surface area (Å²) in [5.74, 6) is 1.03. The molecule has 1 aliphatic carbocycles. The van der Waals surface area contributed by atoms with Crippen LogP contribution in [-0.4, -0.2) is 26.1 Å². The average molecular weight is 271 g/mol. The van der Waals surface area contributed by atoms with Crippen LogP contribution >= 0.6 is 0 Å². The first-order chi connectivity index (χ1) is 9.53. The molecule has 20 heavy (non-hydrogen) atoms. The third-order valence-corrected chi connectivity index (χ3v) is 3.64. The van der Waals surface area contributed by atoms with E-state index >= 15 is 0 Å². The van der Waals surface area contributed by atoms with Gasteiger partial charge in [-0.3, -0.25) is 20.2 Å². The number of H-pyrrole nitrogens is 1. The first kappa shape index (κ1) is 12.8. The average Bonchev–Trinajstić information content (AvgIpc) is 2.85. The Kier molecular flexibility index (Phi) is 3.00. The summed E-state index contributed by atoms with van der Waals surface area (Å²) in [6, 6.07) is 3.67. The topological polar surface area (TPSA) is 83.6 Å². The Bertz CT molecular complexity index is 612. The molecule has 1 aliphatic rings. The number of anilines is 1. The normalized spacial score (nSPS) is 17.5. The molecular formula is C14H17N5O. The van der Waals surface area contributed by atoms with Crippen molar-refractivity contribution in [2.24, 2.45) is 11.3 Å². The van der Waals surface area contributed by atoms with Crippen molar-refractivity contribution >= 4 is 11.9 Å². The molecule has 0 radical (unpaired) electrons. The number of rotatable bonds is 3. The van der Waals surface area contributed by atoms with Gasteiger partial charge in [0, 0.05) is 23.9 Å². The van der Waals surface area contributed by atoms with Crippen LogP contribution in [-0.2, 0) is 4.79 Å². The molecule has 2 heterocycles. The van der Waals surface area contributed by atoms with E-state index in [0.717, 1.165) is 18.4 Å². The second-order valence-electron chi connectivity index (χ2n) is 6.00. The van der Waals surface area contributed by atoms with Crippen molar-refractivity contribution in [3.63, 3.8) is 0 Å². The van der Waals surface area contributed by atoms with Gasteiger partial charge in [-0.2, -0.15) is 4.98 Å². The Balaban J connectivity index is 1.65. The first-order valence-electron chi connectivity index (χ1n) is 6.67. The van der Waals surface area contributed by atoms with Crippen LogP contribution in [0.25, 0.3) is 11.4 Å². The lowest BCUT2D eigenvalue weighted by atomic mass is 9.64. The fourth-order valence-corrected chi connectivity index (χ4v) is 2.63. The van der Waals surface area contributed by atoms with Crippen LogP contribution in [0.1, 0.15) is 26.7 Å². The van der Waals surface area contributed by atoms with Crippen molar-refractivity contribution in [3.8, 4) is 11.4 Å². The number of amides is 1. The maximum Gasteiger partial charge on any atom is 0.249 e. The fraction of sp³-hybridized carbons (Fsp3) is 0.429. The fourth-order valence-electron chi connectivity index (χ4n) is 2.63. The minimum absolute atomic E-state index is 0.00426. The zero-order valence-corrected chi connectivity index (χ0v) is 11.6. The molecule has 1 fully saturated rings. The van der Waals surface area contributed by atoms with Gasteiger partial charge in [0.05, 0.1) is 0 Å². The third-order valence-electron chi connectivity index (χ3n) is 3.64. The third kappa shape index (κ3) is 2.54. The highest BCUT2D eigenvalue weighted by Gasteiger charge is 2.40. The first-order valence-corrected chi connectivity index (χ1v) is 6.67. The van der Waals surface area contributed by atoms with Crippen LogP contribution in [0.5, 0.6) is 0 Å². The zero-order valence-electron chi connectivity index (χ0n) is 11.6. The Morgan fingerprint density at radius 1 is 1.35 bits per heavy atom. The van der Waals surface area contributed by atoms with Gasteiger partial charge in [-0.15, -0.1) is 5.10 Å². The number of hydrogen-bond acceptors (Lipinski definition) is 4. The van der Waals surface area contributed by atoms with E-state index in [-0.39, 0.29) is 17.2 Å². The Hall–Kier alpha value is -2.24. The van der Waals surface area contributed by atoms with Crippen LogP contribution in [0.2, 0.25) is 0 Å². The minimum Gasteiger partial charge on any atom is -0.293 e. The monoisotopic (exact) mass is 271 g/mol.